The van der Waals surface area contributed by atoms with Crippen LogP contribution in [0.4, 0.5) is 10.2 Å². The van der Waals surface area contributed by atoms with Gasteiger partial charge < -0.3 is 20.7 Å². The van der Waals surface area contributed by atoms with Crippen LogP contribution in [0.1, 0.15) is 51.9 Å². The molecule has 0 aliphatic heterocycles. The number of carbonyl (C=O) groups is 2. The van der Waals surface area contributed by atoms with Crippen molar-refractivity contribution in [2.24, 2.45) is 0 Å². The van der Waals surface area contributed by atoms with Crippen LogP contribution in [0.3, 0.4) is 0 Å². The molecule has 2 aromatic carbocycles. The number of carbonyl (C=O) groups excluding carboxylic acids is 2. The van der Waals surface area contributed by atoms with Crippen molar-refractivity contribution in [2.75, 3.05) is 25.9 Å². The number of nitrogens with two attached hydrogens (primary N) is 1. The van der Waals surface area contributed by atoms with Crippen LogP contribution in [0.25, 0.3) is 11.3 Å². The first-order valence-corrected chi connectivity index (χ1v) is 13.0. The lowest BCUT2D eigenvalue weighted by Gasteiger charge is -2.17. The molecule has 2 aliphatic rings. The largest absolute Gasteiger partial charge is 0.486 e. The Hall–Kier alpha value is -4.27. The molecule has 3 N–H and O–H groups in total. The van der Waals surface area contributed by atoms with Crippen molar-refractivity contribution in [1.82, 2.24) is 20.2 Å². The van der Waals surface area contributed by atoms with E-state index in [9.17, 15) is 14.0 Å². The Balaban J connectivity index is 1.27. The van der Waals surface area contributed by atoms with E-state index in [-0.39, 0.29) is 35.9 Å². The van der Waals surface area contributed by atoms with E-state index in [1.807, 2.05) is 25.1 Å². The van der Waals surface area contributed by atoms with Crippen molar-refractivity contribution in [1.29, 1.82) is 0 Å². The van der Waals surface area contributed by atoms with E-state index >= 15 is 0 Å². The fourth-order valence-corrected chi connectivity index (χ4v) is 5.27. The Morgan fingerprint density at radius 1 is 1.23 bits per heavy atom. The van der Waals surface area contributed by atoms with Crippen LogP contribution in [0.15, 0.2) is 49.3 Å². The molecule has 202 valence electrons. The smallest absolute Gasteiger partial charge is 0.254 e. The van der Waals surface area contributed by atoms with Gasteiger partial charge in [0.05, 0.1) is 12.1 Å². The first-order valence-electron chi connectivity index (χ1n) is 13.0. The van der Waals surface area contributed by atoms with E-state index in [2.05, 4.69) is 21.9 Å². The minimum atomic E-state index is -0.458. The molecule has 1 fully saturated rings. The van der Waals surface area contributed by atoms with E-state index in [4.69, 9.17) is 10.5 Å². The van der Waals surface area contributed by atoms with Gasteiger partial charge in [-0.05, 0) is 84.6 Å². The summed E-state index contributed by atoms with van der Waals surface area (Å²) < 4.78 is 20.7. The predicted molar refractivity (Wildman–Crippen MR) is 147 cm³/mol. The second kappa shape index (κ2) is 10.5. The quantitative estimate of drug-likeness (QED) is 0.404. The number of aromatic nitrogens is 2. The second-order valence-corrected chi connectivity index (χ2v) is 10.3. The number of nitrogens with zero attached hydrogens (tertiary/aromatic N) is 3. The average Bonchev–Trinajstić information content (AvgIpc) is 3.64. The zero-order chi connectivity index (χ0) is 27.7. The van der Waals surface area contributed by atoms with Gasteiger partial charge in [0.1, 0.15) is 24.4 Å². The summed E-state index contributed by atoms with van der Waals surface area (Å²) in [6, 6.07) is 8.98. The van der Waals surface area contributed by atoms with E-state index in [1.54, 1.807) is 19.2 Å². The molecule has 2 aliphatic carbocycles. The van der Waals surface area contributed by atoms with Crippen LogP contribution in [-0.2, 0) is 23.2 Å². The molecule has 1 spiro atoms. The van der Waals surface area contributed by atoms with Gasteiger partial charge in [-0.3, -0.25) is 9.59 Å². The monoisotopic (exact) mass is 529 g/mol. The molecule has 3 aromatic rings. The minimum absolute atomic E-state index is 0.0967. The third-order valence-electron chi connectivity index (χ3n) is 7.85. The molecule has 0 saturated heterocycles. The number of nitrogen functional groups attached to an aromatic ring is 1. The third kappa shape index (κ3) is 5.21. The number of rotatable bonds is 9. The van der Waals surface area contributed by atoms with Crippen LogP contribution < -0.4 is 15.8 Å². The van der Waals surface area contributed by atoms with Crippen molar-refractivity contribution < 1.29 is 18.7 Å². The Kier molecular flexibility index (Phi) is 7.08. The number of anilines is 1. The van der Waals surface area contributed by atoms with E-state index in [0.29, 0.717) is 18.0 Å². The molecular formula is C30H32FN5O3. The number of nitrogens with one attached hydrogen (secondary N) is 1. The van der Waals surface area contributed by atoms with Crippen molar-refractivity contribution in [3.05, 3.63) is 82.9 Å². The van der Waals surface area contributed by atoms with Gasteiger partial charge in [0.15, 0.2) is 11.6 Å². The molecule has 0 bridgehead atoms. The lowest BCUT2D eigenvalue weighted by molar-refractivity contribution is -0.125. The molecule has 0 unspecified atom stereocenters. The van der Waals surface area contributed by atoms with Crippen LogP contribution in [0.5, 0.6) is 5.75 Å². The normalized spacial score (nSPS) is 14.5. The maximum absolute atomic E-state index is 14.9. The highest BCUT2D eigenvalue weighted by Gasteiger charge is 2.48. The van der Waals surface area contributed by atoms with Crippen LogP contribution in [0, 0.1) is 12.7 Å². The van der Waals surface area contributed by atoms with Gasteiger partial charge in [-0.15, -0.1) is 0 Å². The molecule has 0 radical (unpaired) electrons. The maximum Gasteiger partial charge on any atom is 0.254 e. The Morgan fingerprint density at radius 3 is 2.74 bits per heavy atom. The summed E-state index contributed by atoms with van der Waals surface area (Å²) in [5.74, 6) is -0.566. The number of aryl methyl sites for hydroxylation is 2. The van der Waals surface area contributed by atoms with E-state index in [0.717, 1.165) is 53.5 Å². The van der Waals surface area contributed by atoms with Crippen LogP contribution in [-0.4, -0.2) is 46.9 Å². The number of halogens is 1. The second-order valence-electron chi connectivity index (χ2n) is 10.3. The number of ether oxygens (including phenoxy) is 1. The number of hydrogen-bond donors (Lipinski definition) is 2. The fraction of sp³-hybridized carbons (Fsp3) is 0.333. The Labute approximate surface area is 227 Å². The van der Waals surface area contributed by atoms with Gasteiger partial charge in [-0.25, -0.2) is 14.4 Å². The van der Waals surface area contributed by atoms with E-state index in [1.165, 1.54) is 17.3 Å². The molecular weight excluding hydrogens is 497 g/mol. The summed E-state index contributed by atoms with van der Waals surface area (Å²) in [6.07, 6.45) is 6.79. The molecule has 1 aromatic heterocycles. The molecule has 5 rings (SSSR count). The van der Waals surface area contributed by atoms with Crippen molar-refractivity contribution in [3.63, 3.8) is 0 Å². The summed E-state index contributed by atoms with van der Waals surface area (Å²) >= 11 is 0. The molecule has 39 heavy (non-hydrogen) atoms. The van der Waals surface area contributed by atoms with Crippen molar-refractivity contribution in [2.45, 2.75) is 44.6 Å². The lowest BCUT2D eigenvalue weighted by atomic mass is 9.96. The summed E-state index contributed by atoms with van der Waals surface area (Å²) in [4.78, 5) is 34.5. The number of benzene rings is 2. The minimum Gasteiger partial charge on any atom is -0.486 e. The highest BCUT2D eigenvalue weighted by molar-refractivity contribution is 5.95. The third-order valence-corrected chi connectivity index (χ3v) is 7.85. The van der Waals surface area contributed by atoms with Gasteiger partial charge >= 0.3 is 0 Å². The van der Waals surface area contributed by atoms with Gasteiger partial charge in [0.2, 0.25) is 5.91 Å². The standard InChI is InChI=1S/C30H32FN5O3/c1-4-25(37)36(3)11-12-39-27-26(34-17-35-28(27)32)20-5-6-21(18(2)13-20)16-33-29(38)22-14-19-7-8-30(9-10-30)23(19)15-24(22)31/h4-6,13-15,17H,1,7-12,16H2,2-3H3,(H,33,38)(H2,32,34,35). The molecule has 2 amide bonds. The summed E-state index contributed by atoms with van der Waals surface area (Å²) in [5, 5.41) is 2.87. The number of amides is 2. The summed E-state index contributed by atoms with van der Waals surface area (Å²) in [6.45, 7) is 6.20. The van der Waals surface area contributed by atoms with E-state index < -0.39 is 11.7 Å². The van der Waals surface area contributed by atoms with Crippen molar-refractivity contribution in [3.8, 4) is 17.0 Å². The molecule has 0 atom stereocenters. The summed E-state index contributed by atoms with van der Waals surface area (Å²) in [7, 11) is 1.65. The van der Waals surface area contributed by atoms with Crippen LogP contribution >= 0.6 is 0 Å². The lowest BCUT2D eigenvalue weighted by Crippen LogP contribution is -2.29. The highest BCUT2D eigenvalue weighted by Crippen LogP contribution is 2.57. The maximum atomic E-state index is 14.9. The number of hydrogen-bond acceptors (Lipinski definition) is 6. The zero-order valence-electron chi connectivity index (χ0n) is 22.2. The van der Waals surface area contributed by atoms with Gasteiger partial charge in [-0.2, -0.15) is 0 Å². The first kappa shape index (κ1) is 26.3. The fourth-order valence-electron chi connectivity index (χ4n) is 5.27. The molecule has 9 heteroatoms. The average molecular weight is 530 g/mol. The number of likely N-dealkylation sites (N-methyl/N-ethyl adjacent to an activating group) is 1. The van der Waals surface area contributed by atoms with Gasteiger partial charge in [0, 0.05) is 19.2 Å². The Bertz CT molecular complexity index is 1470. The topological polar surface area (TPSA) is 110 Å². The summed E-state index contributed by atoms with van der Waals surface area (Å²) in [5.41, 5.74) is 11.6. The van der Waals surface area contributed by atoms with Gasteiger partial charge in [-0.1, -0.05) is 18.7 Å². The molecule has 1 heterocycles. The van der Waals surface area contributed by atoms with Crippen LogP contribution in [0.2, 0.25) is 0 Å². The SMILES string of the molecule is C=CC(=O)N(C)CCOc1c(N)ncnc1-c1ccc(CNC(=O)c2cc3c(cc2F)C2(CC3)CC2)c(C)c1. The highest BCUT2D eigenvalue weighted by atomic mass is 19.1. The van der Waals surface area contributed by atoms with Crippen molar-refractivity contribution >= 4 is 17.6 Å². The Morgan fingerprint density at radius 2 is 2.03 bits per heavy atom. The molecule has 8 nitrogen and oxygen atoms in total. The predicted octanol–water partition coefficient (Wildman–Crippen LogP) is 4.10. The number of fused-ring (bicyclic) bond motifs is 2. The zero-order valence-corrected chi connectivity index (χ0v) is 22.2. The molecule has 1 saturated carbocycles. The first-order chi connectivity index (χ1) is 18.7. The van der Waals surface area contributed by atoms with Gasteiger partial charge in [0.25, 0.3) is 5.91 Å².